The second kappa shape index (κ2) is 17.8. The molecule has 0 N–H and O–H groups in total. The van der Waals surface area contributed by atoms with Crippen LogP contribution in [0.4, 0.5) is 0 Å². The standard InChI is InChI=1S/4C10H12.C8H8/c4*1-8-7-10(8)9-5-3-2-4-6-9;1-2-8-6-4-3-5-7-8/h4*2-6,8,10H,7H2,1H3;2-7H,1H2/t3*8-,10+;8-,10-;/m1000./s1. The zero-order chi connectivity index (χ0) is 33.7. The van der Waals surface area contributed by atoms with Crippen molar-refractivity contribution >= 4 is 6.08 Å². The maximum atomic E-state index is 3.63. The third-order valence-electron chi connectivity index (χ3n) is 10.4. The van der Waals surface area contributed by atoms with Crippen LogP contribution in [-0.2, 0) is 0 Å². The maximum absolute atomic E-state index is 3.63. The van der Waals surface area contributed by atoms with Crippen molar-refractivity contribution in [3.63, 3.8) is 0 Å². The molecule has 0 aliphatic heterocycles. The first-order chi connectivity index (χ1) is 23.4. The minimum Gasteiger partial charge on any atom is -0.0985 e. The van der Waals surface area contributed by atoms with Gasteiger partial charge in [0.1, 0.15) is 0 Å². The molecule has 0 heterocycles. The molecule has 0 saturated heterocycles. The van der Waals surface area contributed by atoms with E-state index in [1.54, 1.807) is 0 Å². The van der Waals surface area contributed by atoms with Crippen molar-refractivity contribution in [3.8, 4) is 0 Å². The molecule has 4 aliphatic carbocycles. The van der Waals surface area contributed by atoms with Gasteiger partial charge in [-0.2, -0.15) is 0 Å². The summed E-state index contributed by atoms with van der Waals surface area (Å²) < 4.78 is 0. The van der Waals surface area contributed by atoms with Crippen LogP contribution in [0.25, 0.3) is 6.08 Å². The van der Waals surface area contributed by atoms with Crippen LogP contribution >= 0.6 is 0 Å². The molecule has 0 radical (unpaired) electrons. The third kappa shape index (κ3) is 11.5. The average molecular weight is 633 g/mol. The van der Waals surface area contributed by atoms with Crippen molar-refractivity contribution in [3.05, 3.63) is 186 Å². The van der Waals surface area contributed by atoms with Crippen molar-refractivity contribution in [1.29, 1.82) is 0 Å². The Balaban J connectivity index is 0.000000118. The fraction of sp³-hybridized carbons (Fsp3) is 0.333. The van der Waals surface area contributed by atoms with E-state index >= 15 is 0 Å². The van der Waals surface area contributed by atoms with Crippen molar-refractivity contribution in [2.24, 2.45) is 23.7 Å². The van der Waals surface area contributed by atoms with E-state index in [0.717, 1.165) is 47.3 Å². The van der Waals surface area contributed by atoms with Gasteiger partial charge in [0.25, 0.3) is 0 Å². The SMILES string of the molecule is C=Cc1ccccc1.C[C@@H]1C[C@@H]1c1ccccc1.C[C@H]1C[C@@H]1c1ccccc1.C[C@H]1C[C@H]1c1ccccc1.C[C@H]1C[C@H]1c1ccccc1. The Hall–Kier alpha value is -4.16. The highest BCUT2D eigenvalue weighted by Gasteiger charge is 2.35. The number of hydrogen-bond acceptors (Lipinski definition) is 0. The molecule has 48 heavy (non-hydrogen) atoms. The van der Waals surface area contributed by atoms with E-state index in [4.69, 9.17) is 0 Å². The normalized spacial score (nSPS) is 26.5. The summed E-state index contributed by atoms with van der Waals surface area (Å²) in [7, 11) is 0. The maximum Gasteiger partial charge on any atom is -0.0133 e. The lowest BCUT2D eigenvalue weighted by Crippen LogP contribution is -1.77. The quantitative estimate of drug-likeness (QED) is 0.181. The predicted octanol–water partition coefficient (Wildman–Crippen LogP) is 13.6. The monoisotopic (exact) mass is 632 g/mol. The summed E-state index contributed by atoms with van der Waals surface area (Å²) in [6.07, 6.45) is 7.40. The Labute approximate surface area is 292 Å². The minimum absolute atomic E-state index is 0.876. The minimum atomic E-state index is 0.876. The summed E-state index contributed by atoms with van der Waals surface area (Å²) in [5.41, 5.74) is 7.27. The largest absolute Gasteiger partial charge is 0.0985 e. The van der Waals surface area contributed by atoms with E-state index in [0.29, 0.717) is 0 Å². The second-order valence-corrected chi connectivity index (χ2v) is 14.5. The van der Waals surface area contributed by atoms with Crippen LogP contribution in [0.3, 0.4) is 0 Å². The Morgan fingerprint density at radius 3 is 0.688 bits per heavy atom. The highest BCUT2D eigenvalue weighted by atomic mass is 14.4. The highest BCUT2D eigenvalue weighted by molar-refractivity contribution is 5.45. The van der Waals surface area contributed by atoms with Gasteiger partial charge in [-0.3, -0.25) is 0 Å². The molecule has 4 saturated carbocycles. The van der Waals surface area contributed by atoms with E-state index < -0.39 is 0 Å². The summed E-state index contributed by atoms with van der Waals surface area (Å²) in [6, 6.07) is 53.2. The fourth-order valence-corrected chi connectivity index (χ4v) is 6.54. The summed E-state index contributed by atoms with van der Waals surface area (Å²) in [6.45, 7) is 12.9. The van der Waals surface area contributed by atoms with Gasteiger partial charge >= 0.3 is 0 Å². The van der Waals surface area contributed by atoms with E-state index in [-0.39, 0.29) is 0 Å². The molecule has 0 spiro atoms. The van der Waals surface area contributed by atoms with Crippen LogP contribution in [0.5, 0.6) is 0 Å². The van der Waals surface area contributed by atoms with Crippen LogP contribution in [-0.4, -0.2) is 0 Å². The Morgan fingerprint density at radius 1 is 0.354 bits per heavy atom. The van der Waals surface area contributed by atoms with Gasteiger partial charge in [0.15, 0.2) is 0 Å². The van der Waals surface area contributed by atoms with Gasteiger partial charge < -0.3 is 0 Å². The molecular weight excluding hydrogens is 577 g/mol. The van der Waals surface area contributed by atoms with Crippen LogP contribution in [0.2, 0.25) is 0 Å². The van der Waals surface area contributed by atoms with Gasteiger partial charge in [-0.25, -0.2) is 0 Å². The second-order valence-electron chi connectivity index (χ2n) is 14.5. The average Bonchev–Trinajstić information content (AvgIpc) is 3.99. The fourth-order valence-electron chi connectivity index (χ4n) is 6.54. The molecule has 0 amide bonds. The van der Waals surface area contributed by atoms with Crippen LogP contribution in [0.1, 0.15) is 105 Å². The van der Waals surface area contributed by atoms with E-state index in [9.17, 15) is 0 Å². The summed E-state index contributed by atoms with van der Waals surface area (Å²) in [4.78, 5) is 0. The molecule has 5 aromatic rings. The molecule has 0 aromatic heterocycles. The lowest BCUT2D eigenvalue weighted by molar-refractivity contribution is 0.915. The lowest BCUT2D eigenvalue weighted by atomic mass is 10.1. The van der Waals surface area contributed by atoms with Crippen LogP contribution < -0.4 is 0 Å². The van der Waals surface area contributed by atoms with Crippen LogP contribution in [0.15, 0.2) is 158 Å². The molecule has 4 aliphatic rings. The van der Waals surface area contributed by atoms with Gasteiger partial charge in [0, 0.05) is 0 Å². The number of benzene rings is 5. The molecule has 248 valence electrons. The number of hydrogen-bond donors (Lipinski definition) is 0. The Kier molecular flexibility index (Phi) is 13.1. The Morgan fingerprint density at radius 2 is 0.542 bits per heavy atom. The van der Waals surface area contributed by atoms with Gasteiger partial charge in [0.2, 0.25) is 0 Å². The van der Waals surface area contributed by atoms with Crippen LogP contribution in [0, 0.1) is 23.7 Å². The molecule has 0 nitrogen and oxygen atoms in total. The zero-order valence-corrected chi connectivity index (χ0v) is 29.7. The van der Waals surface area contributed by atoms with E-state index in [2.05, 4.69) is 156 Å². The molecule has 0 bridgehead atoms. The summed E-state index contributed by atoms with van der Waals surface area (Å²) in [5, 5.41) is 0. The van der Waals surface area contributed by atoms with Gasteiger partial charge in [-0.05, 0) is 101 Å². The van der Waals surface area contributed by atoms with Gasteiger partial charge in [-0.1, -0.05) is 192 Å². The highest BCUT2D eigenvalue weighted by Crippen LogP contribution is 2.48. The number of rotatable bonds is 5. The molecule has 5 aromatic carbocycles. The van der Waals surface area contributed by atoms with E-state index in [1.165, 1.54) is 53.5 Å². The first kappa shape index (κ1) is 35.2. The third-order valence-corrected chi connectivity index (χ3v) is 10.4. The lowest BCUT2D eigenvalue weighted by Gasteiger charge is -1.94. The summed E-state index contributed by atoms with van der Waals surface area (Å²) >= 11 is 0. The first-order valence-electron chi connectivity index (χ1n) is 18.3. The van der Waals surface area contributed by atoms with Crippen molar-refractivity contribution in [1.82, 2.24) is 0 Å². The molecule has 8 atom stereocenters. The van der Waals surface area contributed by atoms with Gasteiger partial charge in [-0.15, -0.1) is 0 Å². The van der Waals surface area contributed by atoms with E-state index in [1.807, 2.05) is 36.4 Å². The molecule has 4 fully saturated rings. The van der Waals surface area contributed by atoms with Crippen molar-refractivity contribution in [2.75, 3.05) is 0 Å². The van der Waals surface area contributed by atoms with Crippen molar-refractivity contribution in [2.45, 2.75) is 77.0 Å². The molecular formula is C48H56. The summed E-state index contributed by atoms with van der Waals surface area (Å²) in [5.74, 6) is 7.24. The first-order valence-corrected chi connectivity index (χ1v) is 18.3. The predicted molar refractivity (Wildman–Crippen MR) is 208 cm³/mol. The smallest absolute Gasteiger partial charge is 0.0133 e. The molecule has 9 rings (SSSR count). The van der Waals surface area contributed by atoms with Crippen molar-refractivity contribution < 1.29 is 0 Å². The molecule has 0 unspecified atom stereocenters. The topological polar surface area (TPSA) is 0 Å². The zero-order valence-electron chi connectivity index (χ0n) is 29.7. The molecule has 0 heteroatoms. The Bertz CT molecular complexity index is 1390. The van der Waals surface area contributed by atoms with Gasteiger partial charge in [0.05, 0.1) is 0 Å².